The van der Waals surface area contributed by atoms with Gasteiger partial charge in [-0.3, -0.25) is 13.2 Å². The first-order chi connectivity index (χ1) is 18.7. The molecule has 0 aromatic heterocycles. The number of hydrogen-bond donors (Lipinski definition) is 0. The van der Waals surface area contributed by atoms with Crippen LogP contribution in [0.3, 0.4) is 0 Å². The fourth-order valence-corrected chi connectivity index (χ4v) is 3.96. The van der Waals surface area contributed by atoms with Gasteiger partial charge in [-0.1, -0.05) is 84.9 Å². The first kappa shape index (κ1) is 32.2. The van der Waals surface area contributed by atoms with E-state index in [1.807, 2.05) is 97.1 Å². The molecule has 0 unspecified atom stereocenters. The van der Waals surface area contributed by atoms with E-state index in [0.717, 1.165) is 56.7 Å². The zero-order chi connectivity index (χ0) is 26.7. The van der Waals surface area contributed by atoms with Crippen molar-refractivity contribution in [1.82, 2.24) is 0 Å². The normalized spacial score (nSPS) is 15.8. The number of nitrogens with zero attached hydrogens (tertiary/aromatic N) is 4. The number of hydrogen-bond acceptors (Lipinski definition) is 2. The van der Waals surface area contributed by atoms with Crippen molar-refractivity contribution >= 4 is 34.2 Å². The maximum absolute atomic E-state index is 4.98. The zero-order valence-corrected chi connectivity index (χ0v) is 24.2. The number of fused-ring (bicyclic) bond motifs is 2. The Morgan fingerprint density at radius 3 is 1.15 bits per heavy atom. The minimum absolute atomic E-state index is 0. The molecule has 0 amide bonds. The maximum Gasteiger partial charge on any atom is 2.00 e. The molecule has 4 nitrogen and oxygen atoms in total. The van der Waals surface area contributed by atoms with Crippen LogP contribution in [0.15, 0.2) is 144 Å². The van der Waals surface area contributed by atoms with Crippen LogP contribution in [0.2, 0.25) is 0 Å². The third-order valence-corrected chi connectivity index (χ3v) is 5.45. The number of para-hydroxylation sites is 4. The van der Waals surface area contributed by atoms with Crippen LogP contribution in [0.25, 0.3) is 10.6 Å². The van der Waals surface area contributed by atoms with Crippen molar-refractivity contribution in [3.8, 4) is 0 Å². The second-order valence-corrected chi connectivity index (χ2v) is 8.25. The molecular formula is C34H28N4Ni2. The van der Waals surface area contributed by atoms with Crippen molar-refractivity contribution in [3.05, 3.63) is 168 Å². The summed E-state index contributed by atoms with van der Waals surface area (Å²) in [4.78, 5) is 9.96. The third kappa shape index (κ3) is 7.57. The summed E-state index contributed by atoms with van der Waals surface area (Å²) in [6.45, 7) is 10.0. The number of allylic oxidation sites excluding steroid dienone is 4. The summed E-state index contributed by atoms with van der Waals surface area (Å²) in [5.74, 6) is 0. The maximum atomic E-state index is 4.98. The SMILES string of the molecule is C=[C-]C.C=[C-]C.[Ni+2].[Ni+2].c1ccc(N=C2C(=C3[N-]c4ccccc4C3=Nc3ccccc3)[N-]c3ccccc32)cc1. The molecule has 0 bridgehead atoms. The molecule has 6 rings (SSSR count). The van der Waals surface area contributed by atoms with E-state index in [9.17, 15) is 0 Å². The van der Waals surface area contributed by atoms with Crippen molar-refractivity contribution in [1.29, 1.82) is 0 Å². The molecule has 4 aromatic rings. The molecule has 0 radical (unpaired) electrons. The molecule has 40 heavy (non-hydrogen) atoms. The summed E-state index contributed by atoms with van der Waals surface area (Å²) in [6, 6.07) is 36.1. The van der Waals surface area contributed by atoms with E-state index in [2.05, 4.69) is 37.4 Å². The predicted octanol–water partition coefficient (Wildman–Crippen LogP) is 9.86. The molecule has 0 saturated carbocycles. The van der Waals surface area contributed by atoms with E-state index in [1.54, 1.807) is 13.8 Å². The molecule has 6 heteroatoms. The minimum atomic E-state index is 0. The van der Waals surface area contributed by atoms with Crippen LogP contribution in [-0.4, -0.2) is 11.4 Å². The molecule has 0 fully saturated rings. The monoisotopic (exact) mass is 608 g/mol. The van der Waals surface area contributed by atoms with Crippen LogP contribution in [-0.2, 0) is 33.0 Å². The topological polar surface area (TPSA) is 52.9 Å². The second kappa shape index (κ2) is 16.2. The van der Waals surface area contributed by atoms with Crippen molar-refractivity contribution in [2.24, 2.45) is 9.98 Å². The molecule has 204 valence electrons. The van der Waals surface area contributed by atoms with Gasteiger partial charge in [0, 0.05) is 0 Å². The van der Waals surface area contributed by atoms with Gasteiger partial charge in [-0.15, -0.1) is 22.8 Å². The molecule has 2 heterocycles. The predicted molar refractivity (Wildman–Crippen MR) is 160 cm³/mol. The van der Waals surface area contributed by atoms with E-state index in [4.69, 9.17) is 20.6 Å². The Kier molecular flexibility index (Phi) is 13.1. The molecule has 4 aromatic carbocycles. The largest absolute Gasteiger partial charge is 2.00 e. The average Bonchev–Trinajstić information content (AvgIpc) is 3.49. The Balaban J connectivity index is 0.000000647. The van der Waals surface area contributed by atoms with E-state index in [0.29, 0.717) is 0 Å². The summed E-state index contributed by atoms with van der Waals surface area (Å²) < 4.78 is 0. The number of rotatable bonds is 2. The van der Waals surface area contributed by atoms with Gasteiger partial charge in [0.2, 0.25) is 0 Å². The Labute approximate surface area is 257 Å². The van der Waals surface area contributed by atoms with Gasteiger partial charge < -0.3 is 22.8 Å². The molecule has 2 aliphatic heterocycles. The van der Waals surface area contributed by atoms with E-state index >= 15 is 0 Å². The van der Waals surface area contributed by atoms with Crippen LogP contribution in [0.5, 0.6) is 0 Å². The summed E-state index contributed by atoms with van der Waals surface area (Å²) in [6.07, 6.45) is 5.00. The third-order valence-electron chi connectivity index (χ3n) is 5.45. The Bertz CT molecular complexity index is 1390. The summed E-state index contributed by atoms with van der Waals surface area (Å²) in [5.41, 5.74) is 8.70. The zero-order valence-electron chi connectivity index (χ0n) is 22.2. The molecule has 2 aliphatic rings. The second-order valence-electron chi connectivity index (χ2n) is 8.25. The van der Waals surface area contributed by atoms with Crippen molar-refractivity contribution in [3.63, 3.8) is 0 Å². The van der Waals surface area contributed by atoms with Gasteiger partial charge >= 0.3 is 33.0 Å². The Morgan fingerprint density at radius 1 is 0.500 bits per heavy atom. The number of benzene rings is 4. The Hall–Kier alpha value is -3.97. The van der Waals surface area contributed by atoms with Crippen LogP contribution < -0.4 is 0 Å². The summed E-state index contributed by atoms with van der Waals surface area (Å²) >= 11 is 0. The van der Waals surface area contributed by atoms with Gasteiger partial charge in [-0.25, -0.2) is 9.98 Å². The smallest absolute Gasteiger partial charge is 0.656 e. The molecule has 0 saturated heterocycles. The molecule has 0 N–H and O–H groups in total. The molecule has 0 atom stereocenters. The number of aliphatic imine (C=N–C) groups is 2. The fraction of sp³-hybridized carbons (Fsp3) is 0.0588. The van der Waals surface area contributed by atoms with Crippen LogP contribution in [0.1, 0.15) is 25.0 Å². The van der Waals surface area contributed by atoms with Crippen LogP contribution in [0, 0.1) is 12.2 Å². The van der Waals surface area contributed by atoms with Crippen molar-refractivity contribution in [2.45, 2.75) is 13.8 Å². The van der Waals surface area contributed by atoms with Crippen molar-refractivity contribution in [2.75, 3.05) is 0 Å². The first-order valence-electron chi connectivity index (χ1n) is 12.2. The fourth-order valence-electron chi connectivity index (χ4n) is 3.96. The van der Waals surface area contributed by atoms with E-state index < -0.39 is 0 Å². The standard InChI is InChI=1S/C28H18N4.2C3H5.2Ni/c1-3-11-19(12-4-1)29-25-21-15-7-9-17-23(21)31-27(25)28-26(30-20-13-5-2-6-14-20)22-16-8-10-18-24(22)32-28;2*1-3-2;;/h1-18H;2*1H2,2H3;;/q-2;2*-1;2*+2. The molecular weight excluding hydrogens is 582 g/mol. The summed E-state index contributed by atoms with van der Waals surface area (Å²) in [7, 11) is 0. The minimum Gasteiger partial charge on any atom is -0.656 e. The van der Waals surface area contributed by atoms with Gasteiger partial charge in [0.05, 0.1) is 22.8 Å². The van der Waals surface area contributed by atoms with Crippen LogP contribution in [0.4, 0.5) is 22.7 Å². The molecule has 0 aliphatic carbocycles. The van der Waals surface area contributed by atoms with Crippen molar-refractivity contribution < 1.29 is 33.0 Å². The quantitative estimate of drug-likeness (QED) is 0.160. The van der Waals surface area contributed by atoms with Crippen LogP contribution >= 0.6 is 0 Å². The van der Waals surface area contributed by atoms with E-state index in [-0.39, 0.29) is 33.0 Å². The van der Waals surface area contributed by atoms with Gasteiger partial charge in [0.1, 0.15) is 0 Å². The van der Waals surface area contributed by atoms with Gasteiger partial charge in [-0.2, -0.15) is 13.8 Å². The van der Waals surface area contributed by atoms with Gasteiger partial charge in [0.15, 0.2) is 0 Å². The molecule has 0 spiro atoms. The van der Waals surface area contributed by atoms with Gasteiger partial charge in [-0.05, 0) is 35.4 Å². The summed E-state index contributed by atoms with van der Waals surface area (Å²) in [5, 5.41) is 9.92. The Morgan fingerprint density at radius 2 is 0.800 bits per heavy atom. The van der Waals surface area contributed by atoms with Gasteiger partial charge in [0.25, 0.3) is 0 Å². The van der Waals surface area contributed by atoms with E-state index in [1.165, 1.54) is 0 Å². The first-order valence-corrected chi connectivity index (χ1v) is 12.2. The average molecular weight is 610 g/mol.